The minimum absolute atomic E-state index is 0.0363. The van der Waals surface area contributed by atoms with Crippen molar-refractivity contribution in [2.45, 2.75) is 51.2 Å². The fraction of sp³-hybridized carbons (Fsp3) is 0.400. The number of fused-ring (bicyclic) bond motifs is 1. The maximum Gasteiger partial charge on any atom is 0.328 e. The largest absolute Gasteiger partial charge is 0.478 e. The number of likely N-dealkylation sites (tertiary alicyclic amines) is 1. The average Bonchev–Trinajstić information content (AvgIpc) is 3.53. The van der Waals surface area contributed by atoms with E-state index >= 15 is 0 Å². The zero-order valence-electron chi connectivity index (χ0n) is 27.1. The third kappa shape index (κ3) is 11.3. The number of hydrogen-bond donors (Lipinski definition) is 2. The number of ether oxygens (including phenoxy) is 3. The van der Waals surface area contributed by atoms with Gasteiger partial charge in [0.2, 0.25) is 5.88 Å². The first kappa shape index (κ1) is 35.2. The number of carbonyl (C=O) groups is 2. The molecule has 2 aromatic carbocycles. The molecule has 0 saturated carbocycles. The Bertz CT molecular complexity index is 1520. The molecule has 0 amide bonds. The van der Waals surface area contributed by atoms with Gasteiger partial charge in [-0.1, -0.05) is 81.4 Å². The van der Waals surface area contributed by atoms with E-state index in [4.69, 9.17) is 24.4 Å². The molecule has 0 bridgehead atoms. The first-order chi connectivity index (χ1) is 22.6. The molecule has 2 aromatic heterocycles. The van der Waals surface area contributed by atoms with Crippen LogP contribution in [0.1, 0.15) is 56.4 Å². The van der Waals surface area contributed by atoms with Crippen molar-refractivity contribution in [2.24, 2.45) is 0 Å². The van der Waals surface area contributed by atoms with Gasteiger partial charge in [-0.05, 0) is 35.4 Å². The van der Waals surface area contributed by atoms with E-state index in [-0.39, 0.29) is 17.6 Å². The van der Waals surface area contributed by atoms with Crippen LogP contribution in [0.25, 0.3) is 5.65 Å². The Morgan fingerprint density at radius 3 is 2.06 bits per heavy atom. The molecule has 5 rings (SSSR count). The predicted octanol–water partition coefficient (Wildman–Crippen LogP) is 4.80. The lowest BCUT2D eigenvalue weighted by molar-refractivity contribution is -0.134. The lowest BCUT2D eigenvalue weighted by atomic mass is 9.88. The molecule has 1 aliphatic heterocycles. The first-order valence-electron chi connectivity index (χ1n) is 15.6. The van der Waals surface area contributed by atoms with Gasteiger partial charge in [0.25, 0.3) is 0 Å². The average molecular weight is 646 g/mol. The van der Waals surface area contributed by atoms with Gasteiger partial charge in [-0.25, -0.2) is 14.6 Å². The van der Waals surface area contributed by atoms with Crippen molar-refractivity contribution in [3.8, 4) is 5.88 Å². The molecule has 0 aliphatic carbocycles. The summed E-state index contributed by atoms with van der Waals surface area (Å²) in [5.74, 6) is -1.93. The van der Waals surface area contributed by atoms with Crippen molar-refractivity contribution in [1.29, 1.82) is 0 Å². The minimum atomic E-state index is -1.26. The Balaban J connectivity index is 0.000000555. The van der Waals surface area contributed by atoms with Gasteiger partial charge in [0.1, 0.15) is 19.0 Å². The van der Waals surface area contributed by atoms with E-state index in [1.54, 1.807) is 0 Å². The first-order valence-corrected chi connectivity index (χ1v) is 15.6. The van der Waals surface area contributed by atoms with Crippen LogP contribution < -0.4 is 4.74 Å². The Morgan fingerprint density at radius 1 is 0.915 bits per heavy atom. The van der Waals surface area contributed by atoms with Gasteiger partial charge >= 0.3 is 11.9 Å². The van der Waals surface area contributed by atoms with Crippen LogP contribution in [0.2, 0.25) is 0 Å². The van der Waals surface area contributed by atoms with E-state index in [1.807, 2.05) is 6.07 Å². The maximum atomic E-state index is 9.55. The van der Waals surface area contributed by atoms with Crippen LogP contribution in [0.5, 0.6) is 5.88 Å². The molecule has 47 heavy (non-hydrogen) atoms. The number of aliphatic carboxylic acids is 2. The highest BCUT2D eigenvalue weighted by Gasteiger charge is 2.25. The highest BCUT2D eigenvalue weighted by Crippen LogP contribution is 2.31. The fourth-order valence-electron chi connectivity index (χ4n) is 5.09. The molecule has 4 aromatic rings. The van der Waals surface area contributed by atoms with Crippen molar-refractivity contribution in [3.63, 3.8) is 0 Å². The molecule has 250 valence electrons. The van der Waals surface area contributed by atoms with Crippen LogP contribution in [0.3, 0.4) is 0 Å². The number of carboxylic acid groups (broad SMARTS) is 2. The van der Waals surface area contributed by atoms with E-state index in [1.165, 1.54) is 22.1 Å². The molecule has 0 atom stereocenters. The van der Waals surface area contributed by atoms with Gasteiger partial charge in [0.05, 0.1) is 19.3 Å². The number of hydrogen-bond acceptors (Lipinski definition) is 9. The topological polar surface area (TPSA) is 149 Å². The summed E-state index contributed by atoms with van der Waals surface area (Å²) in [6.45, 7) is 11.0. The van der Waals surface area contributed by atoms with Gasteiger partial charge in [-0.15, -0.1) is 14.8 Å². The molecule has 0 radical (unpaired) electrons. The number of piperidine rings is 1. The summed E-state index contributed by atoms with van der Waals surface area (Å²) in [5.41, 5.74) is 4.01. The van der Waals surface area contributed by atoms with Crippen molar-refractivity contribution in [3.05, 3.63) is 102 Å². The number of nitrogens with zero attached hydrogens (tertiary/aromatic N) is 5. The van der Waals surface area contributed by atoms with Crippen LogP contribution in [0.15, 0.2) is 85.2 Å². The van der Waals surface area contributed by atoms with Crippen molar-refractivity contribution in [2.75, 3.05) is 39.5 Å². The van der Waals surface area contributed by atoms with Crippen LogP contribution in [-0.2, 0) is 24.5 Å². The zero-order chi connectivity index (χ0) is 33.6. The third-order valence-electron chi connectivity index (χ3n) is 7.51. The van der Waals surface area contributed by atoms with E-state index < -0.39 is 11.9 Å². The van der Waals surface area contributed by atoms with Crippen LogP contribution >= 0.6 is 0 Å². The summed E-state index contributed by atoms with van der Waals surface area (Å²) in [7, 11) is 0. The summed E-state index contributed by atoms with van der Waals surface area (Å²) >= 11 is 0. The number of rotatable bonds is 13. The maximum absolute atomic E-state index is 9.55. The van der Waals surface area contributed by atoms with Crippen molar-refractivity contribution < 1.29 is 34.0 Å². The Morgan fingerprint density at radius 2 is 1.51 bits per heavy atom. The van der Waals surface area contributed by atoms with E-state index in [9.17, 15) is 9.59 Å². The number of aromatic nitrogens is 4. The van der Waals surface area contributed by atoms with Crippen molar-refractivity contribution >= 4 is 17.6 Å². The molecule has 2 N–H and O–H groups in total. The number of carboxylic acids is 2. The lowest BCUT2D eigenvalue weighted by Crippen LogP contribution is -2.39. The predicted molar refractivity (Wildman–Crippen MR) is 175 cm³/mol. The van der Waals surface area contributed by atoms with Crippen LogP contribution in [0, 0.1) is 0 Å². The highest BCUT2D eigenvalue weighted by atomic mass is 16.5. The normalized spacial score (nSPS) is 14.3. The summed E-state index contributed by atoms with van der Waals surface area (Å²) < 4.78 is 20.1. The second-order valence-corrected chi connectivity index (χ2v) is 12.1. The van der Waals surface area contributed by atoms with Gasteiger partial charge in [-0.3, -0.25) is 0 Å². The zero-order valence-corrected chi connectivity index (χ0v) is 27.1. The third-order valence-corrected chi connectivity index (χ3v) is 7.51. The molecule has 0 spiro atoms. The molecule has 12 nitrogen and oxygen atoms in total. The van der Waals surface area contributed by atoms with E-state index in [0.717, 1.165) is 38.0 Å². The Hall–Kier alpha value is -4.65. The quantitative estimate of drug-likeness (QED) is 0.153. The summed E-state index contributed by atoms with van der Waals surface area (Å²) in [4.78, 5) is 25.8. The smallest absolute Gasteiger partial charge is 0.328 e. The van der Waals surface area contributed by atoms with Gasteiger partial charge in [0.15, 0.2) is 5.65 Å². The van der Waals surface area contributed by atoms with Gasteiger partial charge in [0, 0.05) is 37.3 Å². The molecule has 1 saturated heterocycles. The molecular formula is C35H43N5O7. The second-order valence-electron chi connectivity index (χ2n) is 12.1. The van der Waals surface area contributed by atoms with Gasteiger partial charge < -0.3 is 29.3 Å². The SMILES string of the molecule is CC(C)(C)c1cc2ncnn2nc1OCCOCCN1CCC(OC(c2ccccc2)c2ccccc2)CC1.O=C(O)/C=C/C(=O)O. The summed E-state index contributed by atoms with van der Waals surface area (Å²) in [6.07, 6.45) is 4.86. The summed E-state index contributed by atoms with van der Waals surface area (Å²) in [5, 5.41) is 24.3. The lowest BCUT2D eigenvalue weighted by Gasteiger charge is -2.34. The van der Waals surface area contributed by atoms with Gasteiger partial charge in [-0.2, -0.15) is 0 Å². The molecular weight excluding hydrogens is 602 g/mol. The standard InChI is InChI=1S/C31H39N5O3.C4H4O4/c1-31(2,3)27-22-28-32-23-33-36(28)34-30(27)38-21-20-37-19-18-35-16-14-26(15-17-35)39-29(24-10-6-4-7-11-24)25-12-8-5-9-13-25;5-3(6)1-2-4(7)8/h4-13,22-23,26,29H,14-21H2,1-3H3;1-2H,(H,5,6)(H,7,8)/b;2-1+. The van der Waals surface area contributed by atoms with E-state index in [2.05, 4.69) is 102 Å². The molecule has 0 unspecified atom stereocenters. The Kier molecular flexibility index (Phi) is 13.0. The summed E-state index contributed by atoms with van der Waals surface area (Å²) in [6, 6.07) is 23.0. The number of benzene rings is 2. The minimum Gasteiger partial charge on any atom is -0.478 e. The van der Waals surface area contributed by atoms with Crippen LogP contribution in [0.4, 0.5) is 0 Å². The molecule has 3 heterocycles. The fourth-order valence-corrected chi connectivity index (χ4v) is 5.09. The molecule has 1 fully saturated rings. The van der Waals surface area contributed by atoms with Crippen LogP contribution in [-0.4, -0.2) is 92.4 Å². The van der Waals surface area contributed by atoms with E-state index in [0.29, 0.717) is 43.5 Å². The second kappa shape index (κ2) is 17.3. The Labute approximate surface area is 274 Å². The monoisotopic (exact) mass is 645 g/mol. The molecule has 1 aliphatic rings. The van der Waals surface area contributed by atoms with Crippen molar-refractivity contribution in [1.82, 2.24) is 24.7 Å². The molecule has 12 heteroatoms. The highest BCUT2D eigenvalue weighted by molar-refractivity contribution is 5.89.